The van der Waals surface area contributed by atoms with E-state index in [-0.39, 0.29) is 16.3 Å². The first-order valence-corrected chi connectivity index (χ1v) is 14.4. The Bertz CT molecular complexity index is 1670. The minimum Gasteiger partial charge on any atom is -0.497 e. The Morgan fingerprint density at radius 1 is 0.902 bits per heavy atom. The molecule has 4 rings (SSSR count). The Hall–Kier alpha value is -4.57. The van der Waals surface area contributed by atoms with E-state index < -0.39 is 22.5 Å². The standard InChI is InChI=1S/C31H34N4O5S/c1-21-7-11-26(12-8-21)35-23(3)17-25(24(35)4)19-32-33-31(36)20-34(29-18-27(39-5)13-16-30(29)40-6)41(37,38)28-14-9-22(2)10-15-28/h7-19H,20H2,1-6H3,(H,33,36)/b32-19-. The van der Waals surface area contributed by atoms with Crippen LogP contribution in [0.25, 0.3) is 5.69 Å². The number of ether oxygens (including phenoxy) is 2. The van der Waals surface area contributed by atoms with Crippen molar-refractivity contribution in [1.82, 2.24) is 9.99 Å². The third-order valence-corrected chi connectivity index (χ3v) is 8.48. The molecule has 1 N–H and O–H groups in total. The maximum absolute atomic E-state index is 13.8. The number of nitrogens with zero attached hydrogens (tertiary/aromatic N) is 3. The molecule has 0 saturated heterocycles. The van der Waals surface area contributed by atoms with E-state index in [4.69, 9.17) is 9.47 Å². The number of benzene rings is 3. The number of carbonyl (C=O) groups excluding carboxylic acids is 1. The Balaban J connectivity index is 1.61. The summed E-state index contributed by atoms with van der Waals surface area (Å²) in [7, 11) is -1.26. The van der Waals surface area contributed by atoms with E-state index in [1.54, 1.807) is 30.5 Å². The number of aromatic nitrogens is 1. The van der Waals surface area contributed by atoms with Gasteiger partial charge in [0.15, 0.2) is 0 Å². The van der Waals surface area contributed by atoms with Crippen molar-refractivity contribution in [3.05, 3.63) is 101 Å². The molecule has 0 aliphatic carbocycles. The lowest BCUT2D eigenvalue weighted by atomic mass is 10.2. The molecule has 0 spiro atoms. The Kier molecular flexibility index (Phi) is 8.83. The zero-order valence-corrected chi connectivity index (χ0v) is 24.8. The number of hydrogen-bond donors (Lipinski definition) is 1. The molecular formula is C31H34N4O5S. The number of anilines is 1. The average molecular weight is 575 g/mol. The fraction of sp³-hybridized carbons (Fsp3) is 0.226. The highest BCUT2D eigenvalue weighted by atomic mass is 32.2. The monoisotopic (exact) mass is 574 g/mol. The average Bonchev–Trinajstić information content (AvgIpc) is 3.24. The van der Waals surface area contributed by atoms with Crippen LogP contribution in [0.5, 0.6) is 11.5 Å². The Labute approximate surface area is 241 Å². The Morgan fingerprint density at radius 3 is 2.15 bits per heavy atom. The van der Waals surface area contributed by atoms with Gasteiger partial charge in [-0.15, -0.1) is 0 Å². The van der Waals surface area contributed by atoms with Crippen LogP contribution < -0.4 is 19.2 Å². The maximum Gasteiger partial charge on any atom is 0.264 e. The van der Waals surface area contributed by atoms with Gasteiger partial charge in [0.05, 0.1) is 31.0 Å². The maximum atomic E-state index is 13.8. The van der Waals surface area contributed by atoms with Crippen LogP contribution in [-0.4, -0.2) is 45.9 Å². The predicted molar refractivity (Wildman–Crippen MR) is 161 cm³/mol. The fourth-order valence-corrected chi connectivity index (χ4v) is 5.90. The number of carbonyl (C=O) groups is 1. The fourth-order valence-electron chi connectivity index (χ4n) is 4.48. The highest BCUT2D eigenvalue weighted by molar-refractivity contribution is 7.92. The lowest BCUT2D eigenvalue weighted by Crippen LogP contribution is -2.39. The predicted octanol–water partition coefficient (Wildman–Crippen LogP) is 5.07. The molecule has 41 heavy (non-hydrogen) atoms. The highest BCUT2D eigenvalue weighted by Gasteiger charge is 2.30. The highest BCUT2D eigenvalue weighted by Crippen LogP contribution is 2.35. The summed E-state index contributed by atoms with van der Waals surface area (Å²) in [5.41, 5.74) is 8.53. The van der Waals surface area contributed by atoms with Crippen molar-refractivity contribution in [1.29, 1.82) is 0 Å². The van der Waals surface area contributed by atoms with Gasteiger partial charge in [-0.2, -0.15) is 5.10 Å². The molecule has 0 fully saturated rings. The third-order valence-electron chi connectivity index (χ3n) is 6.71. The van der Waals surface area contributed by atoms with E-state index in [0.29, 0.717) is 5.75 Å². The summed E-state index contributed by atoms with van der Waals surface area (Å²) in [5, 5.41) is 4.14. The lowest BCUT2D eigenvalue weighted by molar-refractivity contribution is -0.119. The van der Waals surface area contributed by atoms with Crippen LogP contribution in [0.2, 0.25) is 0 Å². The molecule has 0 saturated carbocycles. The van der Waals surface area contributed by atoms with E-state index in [1.807, 2.05) is 45.9 Å². The van der Waals surface area contributed by atoms with Gasteiger partial charge in [0, 0.05) is 28.7 Å². The topological polar surface area (TPSA) is 102 Å². The van der Waals surface area contributed by atoms with Gasteiger partial charge in [-0.3, -0.25) is 9.10 Å². The summed E-state index contributed by atoms with van der Waals surface area (Å²) >= 11 is 0. The normalized spacial score (nSPS) is 11.5. The number of sulfonamides is 1. The third kappa shape index (κ3) is 6.44. The second kappa shape index (κ2) is 12.3. The zero-order chi connectivity index (χ0) is 29.7. The summed E-state index contributed by atoms with van der Waals surface area (Å²) in [4.78, 5) is 13.1. The van der Waals surface area contributed by atoms with E-state index >= 15 is 0 Å². The van der Waals surface area contributed by atoms with Gasteiger partial charge in [0.25, 0.3) is 15.9 Å². The summed E-state index contributed by atoms with van der Waals surface area (Å²) in [5.74, 6) is 0.0442. The van der Waals surface area contributed by atoms with E-state index in [9.17, 15) is 13.2 Å². The van der Waals surface area contributed by atoms with Gasteiger partial charge in [0.2, 0.25) is 0 Å². The first-order valence-electron chi connectivity index (χ1n) is 12.9. The molecule has 0 radical (unpaired) electrons. The molecule has 214 valence electrons. The molecule has 0 bridgehead atoms. The Morgan fingerprint density at radius 2 is 1.54 bits per heavy atom. The van der Waals surface area contributed by atoms with Gasteiger partial charge in [-0.05, 0) is 70.2 Å². The van der Waals surface area contributed by atoms with Crippen molar-refractivity contribution < 1.29 is 22.7 Å². The van der Waals surface area contributed by atoms with Gasteiger partial charge >= 0.3 is 0 Å². The first kappa shape index (κ1) is 29.4. The summed E-state index contributed by atoms with van der Waals surface area (Å²) in [6.07, 6.45) is 1.55. The number of rotatable bonds is 10. The van der Waals surface area contributed by atoms with Crippen LogP contribution in [-0.2, 0) is 14.8 Å². The molecule has 1 heterocycles. The van der Waals surface area contributed by atoms with Crippen molar-refractivity contribution in [2.24, 2.45) is 5.10 Å². The van der Waals surface area contributed by atoms with Crippen molar-refractivity contribution in [3.8, 4) is 17.2 Å². The summed E-state index contributed by atoms with van der Waals surface area (Å²) in [6, 6.07) is 21.3. The smallest absolute Gasteiger partial charge is 0.264 e. The summed E-state index contributed by atoms with van der Waals surface area (Å²) < 4.78 is 41.4. The van der Waals surface area contributed by atoms with Crippen molar-refractivity contribution in [2.75, 3.05) is 25.1 Å². The molecular weight excluding hydrogens is 540 g/mol. The van der Waals surface area contributed by atoms with E-state index in [0.717, 1.165) is 32.5 Å². The van der Waals surface area contributed by atoms with Crippen LogP contribution in [0.15, 0.2) is 82.8 Å². The van der Waals surface area contributed by atoms with E-state index in [1.165, 1.54) is 38.0 Å². The quantitative estimate of drug-likeness (QED) is 0.210. The molecule has 10 heteroatoms. The molecule has 0 unspecified atom stereocenters. The van der Waals surface area contributed by atoms with Gasteiger partial charge < -0.3 is 14.0 Å². The number of amides is 1. The molecule has 0 aliphatic heterocycles. The van der Waals surface area contributed by atoms with Crippen molar-refractivity contribution in [2.45, 2.75) is 32.6 Å². The number of hydrazone groups is 1. The van der Waals surface area contributed by atoms with Crippen LogP contribution >= 0.6 is 0 Å². The number of hydrogen-bond acceptors (Lipinski definition) is 6. The molecule has 9 nitrogen and oxygen atoms in total. The van der Waals surface area contributed by atoms with Gasteiger partial charge in [0.1, 0.15) is 18.0 Å². The van der Waals surface area contributed by atoms with E-state index in [2.05, 4.69) is 27.2 Å². The molecule has 3 aromatic carbocycles. The van der Waals surface area contributed by atoms with Crippen molar-refractivity contribution in [3.63, 3.8) is 0 Å². The molecule has 0 atom stereocenters. The lowest BCUT2D eigenvalue weighted by Gasteiger charge is -2.25. The number of nitrogens with one attached hydrogen (secondary N) is 1. The minimum absolute atomic E-state index is 0.0350. The number of aryl methyl sites for hydroxylation is 3. The van der Waals surface area contributed by atoms with Gasteiger partial charge in [-0.1, -0.05) is 35.4 Å². The SMILES string of the molecule is COc1ccc(OC)c(N(CC(=O)N/N=C\c2cc(C)n(-c3ccc(C)cc3)c2C)S(=O)(=O)c2ccc(C)cc2)c1. The largest absolute Gasteiger partial charge is 0.497 e. The van der Waals surface area contributed by atoms with Crippen LogP contribution in [0, 0.1) is 27.7 Å². The second-order valence-corrected chi connectivity index (χ2v) is 11.5. The van der Waals surface area contributed by atoms with Crippen LogP contribution in [0.1, 0.15) is 28.1 Å². The molecule has 1 amide bonds. The summed E-state index contributed by atoms with van der Waals surface area (Å²) in [6.45, 7) is 7.33. The number of methoxy groups -OCH3 is 2. The molecule has 1 aromatic heterocycles. The van der Waals surface area contributed by atoms with Crippen molar-refractivity contribution >= 4 is 27.8 Å². The molecule has 4 aromatic rings. The molecule has 0 aliphatic rings. The zero-order valence-electron chi connectivity index (χ0n) is 24.0. The van der Waals surface area contributed by atoms with Gasteiger partial charge in [-0.25, -0.2) is 13.8 Å². The van der Waals surface area contributed by atoms with Crippen LogP contribution in [0.4, 0.5) is 5.69 Å². The second-order valence-electron chi connectivity index (χ2n) is 9.65. The first-order chi connectivity index (χ1) is 19.5. The minimum atomic E-state index is -4.16. The van der Waals surface area contributed by atoms with Crippen LogP contribution in [0.3, 0.4) is 0 Å².